The minimum Gasteiger partial charge on any atom is -0.495 e. The molecule has 0 bridgehead atoms. The van der Waals surface area contributed by atoms with E-state index in [1.165, 1.54) is 25.3 Å². The summed E-state index contributed by atoms with van der Waals surface area (Å²) in [5.41, 5.74) is -1.24. The molecule has 2 aromatic rings. The molecule has 3 rings (SSSR count). The Morgan fingerprint density at radius 2 is 1.76 bits per heavy atom. The molecule has 1 fully saturated rings. The first-order valence-electron chi connectivity index (χ1n) is 10.2. The molecule has 2 N–H and O–H groups in total. The van der Waals surface area contributed by atoms with Gasteiger partial charge in [-0.2, -0.15) is 13.2 Å². The lowest BCUT2D eigenvalue weighted by atomic mass is 9.91. The lowest BCUT2D eigenvalue weighted by Gasteiger charge is -2.37. The molecule has 1 heterocycles. The SMILES string of the molecule is COc1ccc(C(=O)O)cc1S(=O)(=O)Nc1cc(C(F)(F)F)ccc1N1C[C@H](C)C[C@H](C)C1. The Hall–Kier alpha value is -2.95. The normalized spacial score (nSPS) is 19.3. The third-order valence-corrected chi connectivity index (χ3v) is 6.86. The van der Waals surface area contributed by atoms with Crippen LogP contribution < -0.4 is 14.4 Å². The molecule has 0 aromatic heterocycles. The highest BCUT2D eigenvalue weighted by Gasteiger charge is 2.33. The molecule has 2 atom stereocenters. The van der Waals surface area contributed by atoms with E-state index in [0.29, 0.717) is 18.8 Å². The van der Waals surface area contributed by atoms with Crippen molar-refractivity contribution in [3.05, 3.63) is 47.5 Å². The monoisotopic (exact) mass is 486 g/mol. The Balaban J connectivity index is 2.11. The number of benzene rings is 2. The van der Waals surface area contributed by atoms with Gasteiger partial charge in [-0.05, 0) is 54.7 Å². The largest absolute Gasteiger partial charge is 0.495 e. The molecule has 0 aliphatic carbocycles. The van der Waals surface area contributed by atoms with Crippen molar-refractivity contribution in [3.8, 4) is 5.75 Å². The molecule has 0 amide bonds. The van der Waals surface area contributed by atoms with Crippen molar-refractivity contribution in [1.29, 1.82) is 0 Å². The van der Waals surface area contributed by atoms with Crippen molar-refractivity contribution in [3.63, 3.8) is 0 Å². The number of nitrogens with one attached hydrogen (secondary N) is 1. The van der Waals surface area contributed by atoms with Crippen LogP contribution in [-0.4, -0.2) is 39.7 Å². The molecule has 180 valence electrons. The van der Waals surface area contributed by atoms with Crippen LogP contribution in [0.15, 0.2) is 41.3 Å². The summed E-state index contributed by atoms with van der Waals surface area (Å²) in [5.74, 6) is -0.952. The van der Waals surface area contributed by atoms with Gasteiger partial charge in [-0.3, -0.25) is 4.72 Å². The smallest absolute Gasteiger partial charge is 0.416 e. The number of alkyl halides is 3. The van der Waals surface area contributed by atoms with Gasteiger partial charge in [-0.15, -0.1) is 0 Å². The van der Waals surface area contributed by atoms with E-state index in [0.717, 1.165) is 24.6 Å². The number of piperidine rings is 1. The zero-order chi connectivity index (χ0) is 24.6. The number of hydrogen-bond donors (Lipinski definition) is 2. The highest BCUT2D eigenvalue weighted by Crippen LogP contribution is 2.39. The second-order valence-corrected chi connectivity index (χ2v) is 10.0. The summed E-state index contributed by atoms with van der Waals surface area (Å²) in [6, 6.07) is 6.19. The number of nitrogens with zero attached hydrogens (tertiary/aromatic N) is 1. The predicted molar refractivity (Wildman–Crippen MR) is 117 cm³/mol. The van der Waals surface area contributed by atoms with E-state index in [-0.39, 0.29) is 28.8 Å². The topological polar surface area (TPSA) is 95.9 Å². The molecular weight excluding hydrogens is 461 g/mol. The van der Waals surface area contributed by atoms with Gasteiger partial charge in [0.05, 0.1) is 29.6 Å². The van der Waals surface area contributed by atoms with Crippen LogP contribution >= 0.6 is 0 Å². The summed E-state index contributed by atoms with van der Waals surface area (Å²) in [6.07, 6.45) is -3.72. The maximum atomic E-state index is 13.4. The van der Waals surface area contributed by atoms with Crippen molar-refractivity contribution < 1.29 is 36.2 Å². The zero-order valence-corrected chi connectivity index (χ0v) is 19.1. The van der Waals surface area contributed by atoms with Crippen molar-refractivity contribution >= 4 is 27.4 Å². The van der Waals surface area contributed by atoms with Crippen molar-refractivity contribution in [2.45, 2.75) is 31.3 Å². The van der Waals surface area contributed by atoms with Crippen LogP contribution in [0.3, 0.4) is 0 Å². The summed E-state index contributed by atoms with van der Waals surface area (Å²) >= 11 is 0. The Morgan fingerprint density at radius 1 is 1.12 bits per heavy atom. The number of hydrogen-bond acceptors (Lipinski definition) is 5. The fourth-order valence-electron chi connectivity index (χ4n) is 4.15. The average molecular weight is 487 g/mol. The molecule has 0 spiro atoms. The summed E-state index contributed by atoms with van der Waals surface area (Å²) in [7, 11) is -3.29. The van der Waals surface area contributed by atoms with E-state index in [1.54, 1.807) is 0 Å². The maximum Gasteiger partial charge on any atom is 0.416 e. The first-order valence-corrected chi connectivity index (χ1v) is 11.7. The van der Waals surface area contributed by atoms with Gasteiger partial charge in [0.1, 0.15) is 10.6 Å². The second kappa shape index (κ2) is 9.12. The molecule has 7 nitrogen and oxygen atoms in total. The van der Waals surface area contributed by atoms with E-state index in [9.17, 15) is 31.5 Å². The van der Waals surface area contributed by atoms with Gasteiger partial charge in [0.2, 0.25) is 0 Å². The third kappa shape index (κ3) is 5.52. The van der Waals surface area contributed by atoms with Gasteiger partial charge in [-0.1, -0.05) is 13.8 Å². The zero-order valence-electron chi connectivity index (χ0n) is 18.3. The fraction of sp³-hybridized carbons (Fsp3) is 0.409. The number of ether oxygens (including phenoxy) is 1. The van der Waals surface area contributed by atoms with Gasteiger partial charge in [0, 0.05) is 13.1 Å². The van der Waals surface area contributed by atoms with Crippen molar-refractivity contribution in [2.75, 3.05) is 29.8 Å². The molecule has 1 saturated heterocycles. The number of sulfonamides is 1. The predicted octanol–water partition coefficient (Wildman–Crippen LogP) is 4.70. The van der Waals surface area contributed by atoms with E-state index in [1.807, 2.05) is 18.7 Å². The molecule has 1 aliphatic heterocycles. The quantitative estimate of drug-likeness (QED) is 0.615. The van der Waals surface area contributed by atoms with Crippen LogP contribution in [0.2, 0.25) is 0 Å². The number of carboxylic acids is 1. The van der Waals surface area contributed by atoms with Gasteiger partial charge in [0.15, 0.2) is 0 Å². The average Bonchev–Trinajstić information content (AvgIpc) is 2.71. The van der Waals surface area contributed by atoms with Crippen LogP contribution in [0.25, 0.3) is 0 Å². The molecule has 0 unspecified atom stereocenters. The number of carboxylic acid groups (broad SMARTS) is 1. The second-order valence-electron chi connectivity index (χ2n) is 8.36. The first kappa shape index (κ1) is 24.7. The molecular formula is C22H25F3N2O5S. The lowest BCUT2D eigenvalue weighted by Crippen LogP contribution is -2.39. The molecule has 11 heteroatoms. The van der Waals surface area contributed by atoms with Crippen molar-refractivity contribution in [2.24, 2.45) is 11.8 Å². The summed E-state index contributed by atoms with van der Waals surface area (Å²) < 4.78 is 73.9. The number of aromatic carboxylic acids is 1. The lowest BCUT2D eigenvalue weighted by molar-refractivity contribution is -0.137. The van der Waals surface area contributed by atoms with Crippen LogP contribution in [0.5, 0.6) is 5.75 Å². The Morgan fingerprint density at radius 3 is 2.30 bits per heavy atom. The number of methoxy groups -OCH3 is 1. The minimum atomic E-state index is -4.68. The molecule has 1 aliphatic rings. The van der Waals surface area contributed by atoms with E-state index < -0.39 is 32.6 Å². The van der Waals surface area contributed by atoms with Crippen molar-refractivity contribution in [1.82, 2.24) is 0 Å². The van der Waals surface area contributed by atoms with E-state index in [2.05, 4.69) is 4.72 Å². The Bertz CT molecular complexity index is 1140. The Kier molecular flexibility index (Phi) is 6.83. The van der Waals surface area contributed by atoms with Gasteiger partial charge < -0.3 is 14.7 Å². The van der Waals surface area contributed by atoms with Crippen LogP contribution in [0.4, 0.5) is 24.5 Å². The van der Waals surface area contributed by atoms with Crippen LogP contribution in [-0.2, 0) is 16.2 Å². The highest BCUT2D eigenvalue weighted by atomic mass is 32.2. The number of anilines is 2. The minimum absolute atomic E-state index is 0.138. The van der Waals surface area contributed by atoms with Gasteiger partial charge in [0.25, 0.3) is 10.0 Å². The number of carbonyl (C=O) groups is 1. The van der Waals surface area contributed by atoms with E-state index >= 15 is 0 Å². The van der Waals surface area contributed by atoms with Crippen LogP contribution in [0, 0.1) is 11.8 Å². The highest BCUT2D eigenvalue weighted by molar-refractivity contribution is 7.92. The summed E-state index contributed by atoms with van der Waals surface area (Å²) in [5, 5.41) is 9.23. The molecule has 33 heavy (non-hydrogen) atoms. The summed E-state index contributed by atoms with van der Waals surface area (Å²) in [4.78, 5) is 12.7. The van der Waals surface area contributed by atoms with E-state index in [4.69, 9.17) is 4.74 Å². The Labute approximate surface area is 190 Å². The van der Waals surface area contributed by atoms with Gasteiger partial charge in [-0.25, -0.2) is 13.2 Å². The third-order valence-electron chi connectivity index (χ3n) is 5.48. The number of rotatable bonds is 6. The number of halogens is 3. The van der Waals surface area contributed by atoms with Gasteiger partial charge >= 0.3 is 12.1 Å². The first-order chi connectivity index (χ1) is 15.3. The standard InChI is InChI=1S/C22H25F3N2O5S/c1-13-8-14(2)12-27(11-13)18-6-5-16(22(23,24)25)10-17(18)26-33(30,31)20-9-15(21(28)29)4-7-19(20)32-3/h4-7,9-10,13-14,26H,8,11-12H2,1-3H3,(H,28,29)/t13-,14+. The maximum absolute atomic E-state index is 13.4. The molecule has 0 radical (unpaired) electrons. The van der Waals surface area contributed by atoms with Crippen LogP contribution in [0.1, 0.15) is 36.2 Å². The summed E-state index contributed by atoms with van der Waals surface area (Å²) in [6.45, 7) is 5.17. The molecule has 2 aromatic carbocycles. The molecule has 0 saturated carbocycles. The fourth-order valence-corrected chi connectivity index (χ4v) is 5.41.